The molecule has 11 heteroatoms. The van der Waals surface area contributed by atoms with Crippen molar-refractivity contribution in [2.45, 2.75) is 17.4 Å². The summed E-state index contributed by atoms with van der Waals surface area (Å²) in [5, 5.41) is 3.00. The minimum absolute atomic E-state index is 0.0307. The maximum Gasteiger partial charge on any atom is 0.339 e. The number of nitrogens with zero attached hydrogens (tertiary/aromatic N) is 2. The lowest BCUT2D eigenvalue weighted by molar-refractivity contribution is -0.120. The van der Waals surface area contributed by atoms with Gasteiger partial charge in [0.1, 0.15) is 16.7 Å². The molecule has 0 bridgehead atoms. The molecule has 1 aliphatic rings. The molecule has 2 aromatic carbocycles. The number of hydrogen-bond acceptors (Lipinski definition) is 7. The zero-order valence-corrected chi connectivity index (χ0v) is 17.6. The number of amides is 1. The van der Waals surface area contributed by atoms with Gasteiger partial charge in [0.25, 0.3) is 0 Å². The van der Waals surface area contributed by atoms with E-state index < -0.39 is 33.2 Å². The Kier molecular flexibility index (Phi) is 4.94. The molecule has 1 amide bonds. The number of hydrogen-bond donors (Lipinski definition) is 2. The molecule has 0 fully saturated rings. The molecule has 1 atom stereocenters. The van der Waals surface area contributed by atoms with Crippen LogP contribution in [0.15, 0.2) is 50.9 Å². The predicted molar refractivity (Wildman–Crippen MR) is 112 cm³/mol. The third-order valence-corrected chi connectivity index (χ3v) is 6.66. The second-order valence-corrected chi connectivity index (χ2v) is 8.86. The summed E-state index contributed by atoms with van der Waals surface area (Å²) >= 11 is 0. The summed E-state index contributed by atoms with van der Waals surface area (Å²) in [4.78, 5) is 35.6. The van der Waals surface area contributed by atoms with Gasteiger partial charge in [0.15, 0.2) is 0 Å². The van der Waals surface area contributed by atoms with Gasteiger partial charge in [0, 0.05) is 20.6 Å². The van der Waals surface area contributed by atoms with E-state index in [1.165, 1.54) is 44.4 Å². The molecule has 31 heavy (non-hydrogen) atoms. The SMILES string of the molecule is Cn1c(=O)c(=O)n(C)c2cc(S(=O)(=O)Oc3ccc4c(c3)C(C(N)=O)NCC4)ccc21. The van der Waals surface area contributed by atoms with Gasteiger partial charge < -0.3 is 24.4 Å². The number of carbonyl (C=O) groups is 1. The summed E-state index contributed by atoms with van der Waals surface area (Å²) in [6, 6.07) is 7.98. The molecule has 0 saturated carbocycles. The number of carbonyl (C=O) groups excluding carboxylic acids is 1. The Labute approximate surface area is 177 Å². The largest absolute Gasteiger partial charge is 0.379 e. The number of rotatable bonds is 4. The van der Waals surface area contributed by atoms with Crippen LogP contribution < -0.4 is 26.4 Å². The summed E-state index contributed by atoms with van der Waals surface area (Å²) in [5.74, 6) is -0.537. The molecule has 0 saturated heterocycles. The van der Waals surface area contributed by atoms with Gasteiger partial charge in [0.2, 0.25) is 5.91 Å². The van der Waals surface area contributed by atoms with Gasteiger partial charge in [-0.25, -0.2) is 0 Å². The molecule has 10 nitrogen and oxygen atoms in total. The maximum atomic E-state index is 12.9. The fraction of sp³-hybridized carbons (Fsp3) is 0.250. The molecule has 162 valence electrons. The zero-order valence-electron chi connectivity index (χ0n) is 16.8. The summed E-state index contributed by atoms with van der Waals surface area (Å²) in [7, 11) is -1.43. The third kappa shape index (κ3) is 3.51. The van der Waals surface area contributed by atoms with Crippen LogP contribution >= 0.6 is 0 Å². The average Bonchev–Trinajstić information content (AvgIpc) is 2.74. The lowest BCUT2D eigenvalue weighted by atomic mass is 9.94. The van der Waals surface area contributed by atoms with E-state index in [1.807, 2.05) is 0 Å². The van der Waals surface area contributed by atoms with Crippen molar-refractivity contribution in [3.05, 3.63) is 68.2 Å². The van der Waals surface area contributed by atoms with Gasteiger partial charge in [-0.05, 0) is 47.9 Å². The van der Waals surface area contributed by atoms with Crippen molar-refractivity contribution in [3.8, 4) is 5.75 Å². The van der Waals surface area contributed by atoms with Gasteiger partial charge in [-0.1, -0.05) is 6.07 Å². The monoisotopic (exact) mass is 444 g/mol. The van der Waals surface area contributed by atoms with Crippen molar-refractivity contribution >= 4 is 27.1 Å². The maximum absolute atomic E-state index is 12.9. The Hall–Kier alpha value is -3.44. The topological polar surface area (TPSA) is 142 Å². The molecular weight excluding hydrogens is 424 g/mol. The van der Waals surface area contributed by atoms with Crippen molar-refractivity contribution in [1.29, 1.82) is 0 Å². The summed E-state index contributed by atoms with van der Waals surface area (Å²) in [5.41, 5.74) is 6.07. The Morgan fingerprint density at radius 1 is 1.06 bits per heavy atom. The highest BCUT2D eigenvalue weighted by Crippen LogP contribution is 2.29. The molecule has 1 aromatic heterocycles. The Morgan fingerprint density at radius 2 is 1.74 bits per heavy atom. The van der Waals surface area contributed by atoms with Crippen LogP contribution in [0.2, 0.25) is 0 Å². The van der Waals surface area contributed by atoms with Gasteiger partial charge in [-0.3, -0.25) is 14.4 Å². The van der Waals surface area contributed by atoms with Crippen LogP contribution in [0.25, 0.3) is 11.0 Å². The lowest BCUT2D eigenvalue weighted by Crippen LogP contribution is -2.39. The number of aryl methyl sites for hydroxylation is 2. The first-order chi connectivity index (χ1) is 14.6. The molecular formula is C20H20N4O6S. The molecule has 2 heterocycles. The van der Waals surface area contributed by atoms with Crippen molar-refractivity contribution < 1.29 is 17.4 Å². The second-order valence-electron chi connectivity index (χ2n) is 7.32. The number of benzene rings is 2. The number of nitrogens with one attached hydrogen (secondary N) is 1. The Balaban J connectivity index is 1.76. The number of aromatic nitrogens is 2. The summed E-state index contributed by atoms with van der Waals surface area (Å²) in [6.07, 6.45) is 0.670. The third-order valence-electron chi connectivity index (χ3n) is 5.41. The van der Waals surface area contributed by atoms with Crippen molar-refractivity contribution in [2.75, 3.05) is 6.54 Å². The smallest absolute Gasteiger partial charge is 0.339 e. The van der Waals surface area contributed by atoms with Crippen molar-refractivity contribution in [2.24, 2.45) is 19.8 Å². The Morgan fingerprint density at radius 3 is 2.42 bits per heavy atom. The highest BCUT2D eigenvalue weighted by atomic mass is 32.2. The molecule has 1 unspecified atom stereocenters. The standard InChI is InChI=1S/C20H20N4O6S/c1-23-15-6-5-13(10-16(15)24(2)20(27)19(23)26)31(28,29)30-12-4-3-11-7-8-22-17(18(21)25)14(11)9-12/h3-6,9-10,17,22H,7-8H2,1-2H3,(H2,21,25). The van der Waals surface area contributed by atoms with E-state index in [2.05, 4.69) is 5.32 Å². The predicted octanol–water partition coefficient (Wildman–Crippen LogP) is -0.323. The average molecular weight is 444 g/mol. The first-order valence-electron chi connectivity index (χ1n) is 9.40. The van der Waals surface area contributed by atoms with Crippen molar-refractivity contribution in [3.63, 3.8) is 0 Å². The van der Waals surface area contributed by atoms with Crippen LogP contribution in [0, 0.1) is 0 Å². The number of nitrogens with two attached hydrogens (primary N) is 1. The Bertz CT molecular complexity index is 1450. The van der Waals surface area contributed by atoms with E-state index in [1.54, 1.807) is 6.07 Å². The molecule has 0 radical (unpaired) electrons. The fourth-order valence-corrected chi connectivity index (χ4v) is 4.67. The first kappa shape index (κ1) is 20.8. The molecule has 3 aromatic rings. The molecule has 4 rings (SSSR count). The van der Waals surface area contributed by atoms with Crippen LogP contribution in [0.5, 0.6) is 5.75 Å². The van der Waals surface area contributed by atoms with Crippen LogP contribution in [0.3, 0.4) is 0 Å². The molecule has 0 spiro atoms. The normalized spacial score (nSPS) is 16.1. The number of primary amides is 1. The quantitative estimate of drug-likeness (QED) is 0.415. The molecule has 3 N–H and O–H groups in total. The van der Waals surface area contributed by atoms with E-state index in [9.17, 15) is 22.8 Å². The van der Waals surface area contributed by atoms with E-state index in [0.717, 1.165) is 14.7 Å². The van der Waals surface area contributed by atoms with Crippen LogP contribution in [0.4, 0.5) is 0 Å². The lowest BCUT2D eigenvalue weighted by Gasteiger charge is -2.25. The highest BCUT2D eigenvalue weighted by molar-refractivity contribution is 7.87. The summed E-state index contributed by atoms with van der Waals surface area (Å²) < 4.78 is 33.3. The van der Waals surface area contributed by atoms with E-state index >= 15 is 0 Å². The summed E-state index contributed by atoms with van der Waals surface area (Å²) in [6.45, 7) is 0.581. The fourth-order valence-electron chi connectivity index (χ4n) is 3.73. The van der Waals surface area contributed by atoms with Crippen LogP contribution in [-0.2, 0) is 35.4 Å². The van der Waals surface area contributed by atoms with Gasteiger partial charge in [-0.2, -0.15) is 8.42 Å². The van der Waals surface area contributed by atoms with E-state index in [0.29, 0.717) is 24.0 Å². The first-order valence-corrected chi connectivity index (χ1v) is 10.8. The van der Waals surface area contributed by atoms with E-state index in [-0.39, 0.29) is 16.2 Å². The van der Waals surface area contributed by atoms with Gasteiger partial charge in [-0.15, -0.1) is 0 Å². The van der Waals surface area contributed by atoms with E-state index in [4.69, 9.17) is 9.92 Å². The minimum Gasteiger partial charge on any atom is -0.379 e. The highest BCUT2D eigenvalue weighted by Gasteiger charge is 2.26. The molecule has 0 aliphatic carbocycles. The number of fused-ring (bicyclic) bond motifs is 2. The van der Waals surface area contributed by atoms with Crippen LogP contribution in [0.1, 0.15) is 17.2 Å². The molecule has 1 aliphatic heterocycles. The minimum atomic E-state index is -4.26. The second kappa shape index (κ2) is 7.36. The zero-order chi connectivity index (χ0) is 22.5. The van der Waals surface area contributed by atoms with Crippen LogP contribution in [-0.4, -0.2) is 30.0 Å². The van der Waals surface area contributed by atoms with Gasteiger partial charge in [0.05, 0.1) is 11.0 Å². The van der Waals surface area contributed by atoms with Crippen molar-refractivity contribution in [1.82, 2.24) is 14.5 Å². The van der Waals surface area contributed by atoms with Gasteiger partial charge >= 0.3 is 21.2 Å².